The number of amides is 1. The Hall–Kier alpha value is -4.21. The maximum atomic E-state index is 12.5. The van der Waals surface area contributed by atoms with Crippen molar-refractivity contribution in [3.05, 3.63) is 65.9 Å². The number of hydrogen-bond donors (Lipinski definition) is 1. The Bertz CT molecular complexity index is 1730. The molecule has 3 aliphatic rings. The Morgan fingerprint density at radius 2 is 1.95 bits per heavy atom. The van der Waals surface area contributed by atoms with Crippen LogP contribution in [0.2, 0.25) is 0 Å². The van der Waals surface area contributed by atoms with Gasteiger partial charge in [0.15, 0.2) is 0 Å². The Kier molecular flexibility index (Phi) is 8.42. The van der Waals surface area contributed by atoms with Crippen LogP contribution in [0.3, 0.4) is 0 Å². The third-order valence-corrected chi connectivity index (χ3v) is 10.6. The molecule has 2 aromatic carbocycles. The van der Waals surface area contributed by atoms with Crippen LogP contribution in [0, 0.1) is 18.3 Å². The van der Waals surface area contributed by atoms with E-state index in [9.17, 15) is 18.5 Å². The van der Waals surface area contributed by atoms with E-state index in [-0.39, 0.29) is 42.8 Å². The summed E-state index contributed by atoms with van der Waals surface area (Å²) in [7, 11) is -3.32. The molecule has 2 fully saturated rings. The topological polar surface area (TPSA) is 132 Å². The van der Waals surface area contributed by atoms with Gasteiger partial charge in [0.25, 0.3) is 0 Å². The number of nitrogens with one attached hydrogen (secondary N) is 1. The van der Waals surface area contributed by atoms with Crippen molar-refractivity contribution in [1.29, 1.82) is 5.26 Å². The summed E-state index contributed by atoms with van der Waals surface area (Å²) in [6.07, 6.45) is 3.59. The van der Waals surface area contributed by atoms with Crippen LogP contribution in [0.15, 0.2) is 49.1 Å². The molecule has 44 heavy (non-hydrogen) atoms. The largest absolute Gasteiger partial charge is 0.462 e. The zero-order valence-corrected chi connectivity index (χ0v) is 25.7. The van der Waals surface area contributed by atoms with Gasteiger partial charge in [-0.25, -0.2) is 13.1 Å². The van der Waals surface area contributed by atoms with Gasteiger partial charge in [-0.1, -0.05) is 36.9 Å². The van der Waals surface area contributed by atoms with Crippen LogP contribution in [0.1, 0.15) is 36.1 Å². The van der Waals surface area contributed by atoms with E-state index < -0.39 is 10.0 Å². The fourth-order valence-corrected chi connectivity index (χ4v) is 7.61. The average Bonchev–Trinajstić information content (AvgIpc) is 3.89. The molecule has 12 heteroatoms. The summed E-state index contributed by atoms with van der Waals surface area (Å²) in [6.45, 7) is 8.73. The number of carbonyl (C=O) groups excluding carboxylic acids is 1. The molecule has 1 saturated carbocycles. The number of nitrogens with zero attached hydrogens (tertiary/aromatic N) is 6. The number of sulfonamides is 1. The number of aryl methyl sites for hydroxylation is 1. The second-order valence-corrected chi connectivity index (χ2v) is 13.6. The molecule has 0 unspecified atom stereocenters. The lowest BCUT2D eigenvalue weighted by molar-refractivity contribution is -0.128. The highest BCUT2D eigenvalue weighted by atomic mass is 32.2. The standard InChI is InChI=1S/C32H37N7O4S/c1-3-29(40)39-18-17-38(20-24(39)12-14-33)31-26-13-16-37(28-9-5-8-23-7-4-6-22(2)30(23)28)21-27(26)35-32(36-31)43-19-15-34-44(41,42)25-10-11-25/h3-9,24-25,34H,1,10-13,15-21H2,2H3/t24-/m0/s1. The third-order valence-electron chi connectivity index (χ3n) is 8.62. The Labute approximate surface area is 258 Å². The molecule has 6 rings (SSSR count). The number of fused-ring (bicyclic) bond motifs is 2. The number of piperazine rings is 1. The first-order valence-electron chi connectivity index (χ1n) is 15.1. The maximum Gasteiger partial charge on any atom is 0.318 e. The van der Waals surface area contributed by atoms with E-state index in [2.05, 4.69) is 70.5 Å². The first-order chi connectivity index (χ1) is 21.3. The lowest BCUT2D eigenvalue weighted by atomic mass is 9.99. The molecular formula is C32H37N7O4S. The van der Waals surface area contributed by atoms with Gasteiger partial charge in [-0.15, -0.1) is 0 Å². The van der Waals surface area contributed by atoms with Gasteiger partial charge >= 0.3 is 6.01 Å². The highest BCUT2D eigenvalue weighted by Gasteiger charge is 2.36. The summed E-state index contributed by atoms with van der Waals surface area (Å²) < 4.78 is 33.1. The molecule has 0 bridgehead atoms. The minimum Gasteiger partial charge on any atom is -0.462 e. The number of aromatic nitrogens is 2. The van der Waals surface area contributed by atoms with E-state index in [0.717, 1.165) is 29.3 Å². The summed E-state index contributed by atoms with van der Waals surface area (Å²) in [5.41, 5.74) is 4.23. The summed E-state index contributed by atoms with van der Waals surface area (Å²) in [5.74, 6) is 0.555. The van der Waals surface area contributed by atoms with E-state index in [1.54, 1.807) is 4.90 Å². The lowest BCUT2D eigenvalue weighted by Gasteiger charge is -2.42. The van der Waals surface area contributed by atoms with Crippen LogP contribution < -0.4 is 19.3 Å². The van der Waals surface area contributed by atoms with Gasteiger partial charge in [-0.3, -0.25) is 4.79 Å². The summed E-state index contributed by atoms with van der Waals surface area (Å²) in [4.78, 5) is 28.3. The van der Waals surface area contributed by atoms with Gasteiger partial charge in [-0.05, 0) is 49.3 Å². The quantitative estimate of drug-likeness (QED) is 0.270. The zero-order chi connectivity index (χ0) is 30.8. The van der Waals surface area contributed by atoms with Gasteiger partial charge in [0.2, 0.25) is 15.9 Å². The first-order valence-corrected chi connectivity index (χ1v) is 16.6. The number of rotatable bonds is 10. The third kappa shape index (κ3) is 6.07. The lowest BCUT2D eigenvalue weighted by Crippen LogP contribution is -2.55. The van der Waals surface area contributed by atoms with Crippen molar-refractivity contribution in [3.8, 4) is 12.1 Å². The first kappa shape index (κ1) is 29.8. The van der Waals surface area contributed by atoms with Crippen LogP contribution in [0.25, 0.3) is 10.8 Å². The van der Waals surface area contributed by atoms with E-state index in [1.165, 1.54) is 22.4 Å². The molecule has 0 radical (unpaired) electrons. The predicted molar refractivity (Wildman–Crippen MR) is 169 cm³/mol. The van der Waals surface area contributed by atoms with Crippen molar-refractivity contribution in [2.24, 2.45) is 0 Å². The fraction of sp³-hybridized carbons (Fsp3) is 0.438. The van der Waals surface area contributed by atoms with Crippen LogP contribution in [0.5, 0.6) is 6.01 Å². The van der Waals surface area contributed by atoms with Crippen LogP contribution in [-0.4, -0.2) is 79.8 Å². The molecule has 3 heterocycles. The molecule has 0 spiro atoms. The van der Waals surface area contributed by atoms with Crippen molar-refractivity contribution < 1.29 is 17.9 Å². The Morgan fingerprint density at radius 3 is 2.70 bits per heavy atom. The molecule has 3 aromatic rings. The Balaban J connectivity index is 1.30. The SMILES string of the molecule is C=CC(=O)N1CCN(c2nc(OCCNS(=O)(=O)C3CC3)nc3c2CCN(c2cccc4cccc(C)c24)C3)C[C@@H]1CC#N. The zero-order valence-electron chi connectivity index (χ0n) is 24.9. The van der Waals surface area contributed by atoms with Crippen molar-refractivity contribution in [2.45, 2.75) is 50.4 Å². The van der Waals surface area contributed by atoms with Crippen molar-refractivity contribution in [1.82, 2.24) is 19.6 Å². The van der Waals surface area contributed by atoms with Gasteiger partial charge in [0, 0.05) is 49.4 Å². The minimum absolute atomic E-state index is 0.0923. The smallest absolute Gasteiger partial charge is 0.318 e. The highest BCUT2D eigenvalue weighted by molar-refractivity contribution is 7.90. The maximum absolute atomic E-state index is 12.5. The van der Waals surface area contributed by atoms with E-state index in [0.29, 0.717) is 45.4 Å². The second kappa shape index (κ2) is 12.4. The van der Waals surface area contributed by atoms with Crippen LogP contribution >= 0.6 is 0 Å². The summed E-state index contributed by atoms with van der Waals surface area (Å²) in [5, 5.41) is 11.6. The highest BCUT2D eigenvalue weighted by Crippen LogP contribution is 2.36. The fourth-order valence-electron chi connectivity index (χ4n) is 6.25. The number of hydrogen-bond acceptors (Lipinski definition) is 9. The average molecular weight is 616 g/mol. The molecule has 1 amide bonds. The van der Waals surface area contributed by atoms with E-state index >= 15 is 0 Å². The Morgan fingerprint density at radius 1 is 1.16 bits per heavy atom. The number of ether oxygens (including phenoxy) is 1. The number of anilines is 2. The number of carbonyl (C=O) groups is 1. The van der Waals surface area contributed by atoms with Gasteiger partial charge in [0.05, 0.1) is 36.0 Å². The molecule has 11 nitrogen and oxygen atoms in total. The number of benzene rings is 2. The molecule has 1 aromatic heterocycles. The molecule has 1 aliphatic carbocycles. The van der Waals surface area contributed by atoms with Gasteiger partial charge in [-0.2, -0.15) is 15.2 Å². The molecule has 1 saturated heterocycles. The number of nitriles is 1. The second-order valence-electron chi connectivity index (χ2n) is 11.6. The molecule has 1 atom stereocenters. The van der Waals surface area contributed by atoms with Crippen LogP contribution in [-0.2, 0) is 27.8 Å². The predicted octanol–water partition coefficient (Wildman–Crippen LogP) is 3.08. The van der Waals surface area contributed by atoms with Crippen molar-refractivity contribution >= 4 is 38.2 Å². The molecular weight excluding hydrogens is 578 g/mol. The molecule has 230 valence electrons. The molecule has 2 aliphatic heterocycles. The summed E-state index contributed by atoms with van der Waals surface area (Å²) in [6, 6.07) is 14.8. The van der Waals surface area contributed by atoms with Crippen LogP contribution in [0.4, 0.5) is 11.5 Å². The summed E-state index contributed by atoms with van der Waals surface area (Å²) >= 11 is 0. The van der Waals surface area contributed by atoms with E-state index in [1.807, 2.05) is 0 Å². The van der Waals surface area contributed by atoms with Gasteiger partial charge < -0.3 is 19.4 Å². The normalized spacial score (nSPS) is 18.5. The monoisotopic (exact) mass is 615 g/mol. The van der Waals surface area contributed by atoms with Crippen molar-refractivity contribution in [2.75, 3.05) is 49.1 Å². The van der Waals surface area contributed by atoms with Gasteiger partial charge in [0.1, 0.15) is 12.4 Å². The molecule has 1 N–H and O–H groups in total. The van der Waals surface area contributed by atoms with Crippen molar-refractivity contribution in [3.63, 3.8) is 0 Å². The minimum atomic E-state index is -3.32. The van der Waals surface area contributed by atoms with E-state index in [4.69, 9.17) is 14.7 Å².